The molecule has 1 aliphatic heterocycles. The molecule has 0 radical (unpaired) electrons. The molecule has 0 spiro atoms. The van der Waals surface area contributed by atoms with Crippen LogP contribution in [-0.2, 0) is 4.74 Å². The Bertz CT molecular complexity index is 960. The number of nitrogens with one attached hydrogen (secondary N) is 1. The second-order valence-corrected chi connectivity index (χ2v) is 6.46. The first-order valence-electron chi connectivity index (χ1n) is 9.32. The van der Waals surface area contributed by atoms with Gasteiger partial charge in [-0.05, 0) is 36.4 Å². The number of anilines is 5. The van der Waals surface area contributed by atoms with E-state index in [1.165, 1.54) is 6.20 Å². The van der Waals surface area contributed by atoms with Crippen LogP contribution in [0.3, 0.4) is 0 Å². The SMILES string of the molecule is O=C(O)N(c1ccccc1)c1ccnc(Nc2ccc(N3CCOCC3)cc2)n1. The Morgan fingerprint density at radius 1 is 1.03 bits per heavy atom. The molecular weight excluding hydrogens is 370 g/mol. The molecule has 0 saturated carbocycles. The van der Waals surface area contributed by atoms with Gasteiger partial charge in [0.25, 0.3) is 0 Å². The van der Waals surface area contributed by atoms with E-state index < -0.39 is 6.09 Å². The number of morpholine rings is 1. The molecule has 8 heteroatoms. The van der Waals surface area contributed by atoms with Crippen LogP contribution in [0.2, 0.25) is 0 Å². The number of amides is 1. The number of nitrogens with zero attached hydrogens (tertiary/aromatic N) is 4. The number of rotatable bonds is 5. The average molecular weight is 391 g/mol. The molecule has 1 fully saturated rings. The van der Waals surface area contributed by atoms with Gasteiger partial charge in [0.1, 0.15) is 5.82 Å². The van der Waals surface area contributed by atoms with E-state index >= 15 is 0 Å². The largest absolute Gasteiger partial charge is 0.464 e. The Balaban J connectivity index is 1.52. The van der Waals surface area contributed by atoms with E-state index in [-0.39, 0.29) is 5.82 Å². The van der Waals surface area contributed by atoms with Crippen molar-refractivity contribution in [2.75, 3.05) is 41.4 Å². The van der Waals surface area contributed by atoms with Gasteiger partial charge >= 0.3 is 6.09 Å². The van der Waals surface area contributed by atoms with E-state index in [9.17, 15) is 9.90 Å². The van der Waals surface area contributed by atoms with Crippen molar-refractivity contribution in [3.63, 3.8) is 0 Å². The topological polar surface area (TPSA) is 90.8 Å². The molecule has 1 aliphatic rings. The minimum Gasteiger partial charge on any atom is -0.464 e. The van der Waals surface area contributed by atoms with Crippen LogP contribution >= 0.6 is 0 Å². The van der Waals surface area contributed by atoms with Gasteiger partial charge in [0.15, 0.2) is 0 Å². The minimum atomic E-state index is -1.12. The third-order valence-electron chi connectivity index (χ3n) is 4.58. The highest BCUT2D eigenvalue weighted by atomic mass is 16.5. The first kappa shape index (κ1) is 18.7. The van der Waals surface area contributed by atoms with Gasteiger partial charge in [-0.15, -0.1) is 0 Å². The van der Waals surface area contributed by atoms with E-state index in [2.05, 4.69) is 20.2 Å². The molecule has 0 unspecified atom stereocenters. The fourth-order valence-corrected chi connectivity index (χ4v) is 3.16. The summed E-state index contributed by atoms with van der Waals surface area (Å²) in [5.41, 5.74) is 2.47. The zero-order valence-corrected chi connectivity index (χ0v) is 15.7. The summed E-state index contributed by atoms with van der Waals surface area (Å²) in [5, 5.41) is 12.8. The summed E-state index contributed by atoms with van der Waals surface area (Å²) in [4.78, 5) is 23.8. The van der Waals surface area contributed by atoms with E-state index in [1.54, 1.807) is 30.3 Å². The van der Waals surface area contributed by atoms with Crippen LogP contribution in [0.25, 0.3) is 0 Å². The Morgan fingerprint density at radius 3 is 2.45 bits per heavy atom. The van der Waals surface area contributed by atoms with Gasteiger partial charge in [-0.1, -0.05) is 18.2 Å². The van der Waals surface area contributed by atoms with Crippen LogP contribution in [-0.4, -0.2) is 47.5 Å². The molecule has 0 atom stereocenters. The second-order valence-electron chi connectivity index (χ2n) is 6.46. The second kappa shape index (κ2) is 8.57. The van der Waals surface area contributed by atoms with Gasteiger partial charge in [0, 0.05) is 36.7 Å². The quantitative estimate of drug-likeness (QED) is 0.682. The van der Waals surface area contributed by atoms with Crippen LogP contribution in [0, 0.1) is 0 Å². The third kappa shape index (κ3) is 4.44. The molecule has 29 heavy (non-hydrogen) atoms. The first-order valence-corrected chi connectivity index (χ1v) is 9.32. The highest BCUT2D eigenvalue weighted by molar-refractivity contribution is 5.93. The number of aromatic nitrogens is 2. The molecule has 3 aromatic rings. The lowest BCUT2D eigenvalue weighted by Gasteiger charge is -2.28. The highest BCUT2D eigenvalue weighted by Crippen LogP contribution is 2.25. The van der Waals surface area contributed by atoms with Crippen molar-refractivity contribution in [3.05, 3.63) is 66.9 Å². The molecular formula is C21H21N5O3. The number of ether oxygens (including phenoxy) is 1. The van der Waals surface area contributed by atoms with Crippen molar-refractivity contribution in [2.45, 2.75) is 0 Å². The zero-order chi connectivity index (χ0) is 20.1. The standard InChI is InChI=1S/C21H21N5O3/c27-21(28)26(18-4-2-1-3-5-18)19-10-11-22-20(24-19)23-16-6-8-17(9-7-16)25-12-14-29-15-13-25/h1-11H,12-15H2,(H,27,28)(H,22,23,24). The van der Waals surface area contributed by atoms with E-state index in [1.807, 2.05) is 30.3 Å². The normalized spacial score (nSPS) is 13.7. The van der Waals surface area contributed by atoms with Gasteiger partial charge < -0.3 is 20.1 Å². The Morgan fingerprint density at radius 2 is 1.76 bits per heavy atom. The number of benzene rings is 2. The Hall–Kier alpha value is -3.65. The van der Waals surface area contributed by atoms with Crippen LogP contribution in [0.5, 0.6) is 0 Å². The molecule has 0 bridgehead atoms. The highest BCUT2D eigenvalue weighted by Gasteiger charge is 2.18. The van der Waals surface area contributed by atoms with Crippen LogP contribution in [0.1, 0.15) is 0 Å². The van der Waals surface area contributed by atoms with Gasteiger partial charge in [-0.3, -0.25) is 0 Å². The van der Waals surface area contributed by atoms with E-state index in [0.717, 1.165) is 42.6 Å². The van der Waals surface area contributed by atoms with E-state index in [4.69, 9.17) is 4.74 Å². The molecule has 4 rings (SSSR count). The lowest BCUT2D eigenvalue weighted by molar-refractivity contribution is 0.122. The van der Waals surface area contributed by atoms with Gasteiger partial charge in [-0.2, -0.15) is 4.98 Å². The van der Waals surface area contributed by atoms with Gasteiger partial charge in [0.05, 0.1) is 18.9 Å². The van der Waals surface area contributed by atoms with Crippen LogP contribution in [0.4, 0.5) is 33.6 Å². The maximum absolute atomic E-state index is 11.8. The number of para-hydroxylation sites is 1. The Kier molecular flexibility index (Phi) is 5.53. The molecule has 2 heterocycles. The predicted octanol–water partition coefficient (Wildman–Crippen LogP) is 3.87. The molecule has 148 valence electrons. The zero-order valence-electron chi connectivity index (χ0n) is 15.7. The molecule has 1 aromatic heterocycles. The number of carboxylic acid groups (broad SMARTS) is 1. The summed E-state index contributed by atoms with van der Waals surface area (Å²) in [6.45, 7) is 3.23. The maximum atomic E-state index is 11.8. The average Bonchev–Trinajstić information content (AvgIpc) is 2.76. The third-order valence-corrected chi connectivity index (χ3v) is 4.58. The van der Waals surface area contributed by atoms with Crippen molar-refractivity contribution in [1.82, 2.24) is 9.97 Å². The summed E-state index contributed by atoms with van der Waals surface area (Å²) in [6, 6.07) is 18.4. The first-order chi connectivity index (χ1) is 14.2. The summed E-state index contributed by atoms with van der Waals surface area (Å²) >= 11 is 0. The van der Waals surface area contributed by atoms with Crippen LogP contribution < -0.4 is 15.1 Å². The van der Waals surface area contributed by atoms with Crippen LogP contribution in [0.15, 0.2) is 66.9 Å². The maximum Gasteiger partial charge on any atom is 0.417 e. The predicted molar refractivity (Wildman–Crippen MR) is 111 cm³/mol. The summed E-state index contributed by atoms with van der Waals surface area (Å²) in [5.74, 6) is 0.593. The summed E-state index contributed by atoms with van der Waals surface area (Å²) in [6.07, 6.45) is 0.418. The van der Waals surface area contributed by atoms with Crippen molar-refractivity contribution in [3.8, 4) is 0 Å². The molecule has 8 nitrogen and oxygen atoms in total. The molecule has 2 aromatic carbocycles. The van der Waals surface area contributed by atoms with Crippen molar-refractivity contribution in [1.29, 1.82) is 0 Å². The minimum absolute atomic E-state index is 0.270. The lowest BCUT2D eigenvalue weighted by Crippen LogP contribution is -2.36. The fourth-order valence-electron chi connectivity index (χ4n) is 3.16. The number of carbonyl (C=O) groups is 1. The smallest absolute Gasteiger partial charge is 0.417 e. The molecule has 1 amide bonds. The number of hydrogen-bond acceptors (Lipinski definition) is 6. The van der Waals surface area contributed by atoms with Crippen molar-refractivity contribution >= 4 is 34.9 Å². The summed E-state index contributed by atoms with van der Waals surface area (Å²) in [7, 11) is 0. The molecule has 2 N–H and O–H groups in total. The van der Waals surface area contributed by atoms with E-state index in [0.29, 0.717) is 11.6 Å². The van der Waals surface area contributed by atoms with Gasteiger partial charge in [-0.25, -0.2) is 14.7 Å². The Labute approximate surface area is 168 Å². The fraction of sp³-hybridized carbons (Fsp3) is 0.190. The lowest BCUT2D eigenvalue weighted by atomic mass is 10.2. The number of hydrogen-bond donors (Lipinski definition) is 2. The van der Waals surface area contributed by atoms with Crippen molar-refractivity contribution in [2.24, 2.45) is 0 Å². The monoisotopic (exact) mass is 391 g/mol. The summed E-state index contributed by atoms with van der Waals surface area (Å²) < 4.78 is 5.39. The molecule has 1 saturated heterocycles. The van der Waals surface area contributed by atoms with Crippen molar-refractivity contribution < 1.29 is 14.6 Å². The molecule has 0 aliphatic carbocycles. The van der Waals surface area contributed by atoms with Gasteiger partial charge in [0.2, 0.25) is 5.95 Å².